The molecule has 24 heavy (non-hydrogen) atoms. The van der Waals surface area contributed by atoms with E-state index in [0.29, 0.717) is 12.8 Å². The van der Waals surface area contributed by atoms with E-state index in [4.69, 9.17) is 0 Å². The van der Waals surface area contributed by atoms with Gasteiger partial charge < -0.3 is 15.1 Å². The summed E-state index contributed by atoms with van der Waals surface area (Å²) in [5.41, 5.74) is -1.62. The number of carbonyl (C=O) groups is 1. The predicted molar refractivity (Wildman–Crippen MR) is 94.0 cm³/mol. The van der Waals surface area contributed by atoms with E-state index in [9.17, 15) is 15.0 Å². The van der Waals surface area contributed by atoms with Crippen LogP contribution in [0.3, 0.4) is 0 Å². The summed E-state index contributed by atoms with van der Waals surface area (Å²) < 4.78 is 0. The van der Waals surface area contributed by atoms with Crippen LogP contribution in [0.2, 0.25) is 0 Å². The summed E-state index contributed by atoms with van der Waals surface area (Å²) in [4.78, 5) is 15.0. The molecule has 1 saturated carbocycles. The standard InChI is InChI=1S/C20H29NO3/c1-21-14-8-11-17(15-21)20(18(22)23,16-9-4-2-5-10-16)19(24)12-6-3-7-13-19/h2,4-5,9-10,17,24H,3,6-8,11-15H2,1H3,(H,22,23). The van der Waals surface area contributed by atoms with Crippen LogP contribution in [0, 0.1) is 5.92 Å². The molecule has 4 nitrogen and oxygen atoms in total. The van der Waals surface area contributed by atoms with E-state index < -0.39 is 17.0 Å². The highest BCUT2D eigenvalue weighted by atomic mass is 16.4. The van der Waals surface area contributed by atoms with Crippen LogP contribution in [-0.2, 0) is 10.2 Å². The fraction of sp³-hybridized carbons (Fsp3) is 0.650. The van der Waals surface area contributed by atoms with Crippen molar-refractivity contribution in [2.45, 2.75) is 56.0 Å². The van der Waals surface area contributed by atoms with Gasteiger partial charge in [-0.3, -0.25) is 4.79 Å². The van der Waals surface area contributed by atoms with Crippen molar-refractivity contribution < 1.29 is 15.0 Å². The number of rotatable bonds is 4. The number of nitrogens with zero attached hydrogens (tertiary/aromatic N) is 1. The fourth-order valence-electron chi connectivity index (χ4n) is 5.13. The van der Waals surface area contributed by atoms with Crippen molar-refractivity contribution in [3.05, 3.63) is 35.9 Å². The predicted octanol–water partition coefficient (Wildman–Crippen LogP) is 3.05. The number of benzene rings is 1. The third-order valence-corrected chi connectivity index (χ3v) is 6.22. The summed E-state index contributed by atoms with van der Waals surface area (Å²) in [6, 6.07) is 9.50. The molecule has 0 aromatic heterocycles. The lowest BCUT2D eigenvalue weighted by Gasteiger charge is -2.52. The first kappa shape index (κ1) is 17.4. The Bertz CT molecular complexity index is 568. The second kappa shape index (κ2) is 6.85. The van der Waals surface area contributed by atoms with Gasteiger partial charge in [-0.2, -0.15) is 0 Å². The van der Waals surface area contributed by atoms with E-state index in [-0.39, 0.29) is 5.92 Å². The summed E-state index contributed by atoms with van der Waals surface area (Å²) in [7, 11) is 2.05. The first-order chi connectivity index (χ1) is 11.5. The highest BCUT2D eigenvalue weighted by Crippen LogP contribution is 2.51. The van der Waals surface area contributed by atoms with Gasteiger partial charge in [-0.05, 0) is 50.8 Å². The van der Waals surface area contributed by atoms with Gasteiger partial charge in [0.15, 0.2) is 0 Å². The highest BCUT2D eigenvalue weighted by Gasteiger charge is 2.61. The Morgan fingerprint density at radius 1 is 1.17 bits per heavy atom. The van der Waals surface area contributed by atoms with Gasteiger partial charge in [-0.15, -0.1) is 0 Å². The Hall–Kier alpha value is -1.39. The van der Waals surface area contributed by atoms with Crippen molar-refractivity contribution in [1.29, 1.82) is 0 Å². The minimum Gasteiger partial charge on any atom is -0.480 e. The summed E-state index contributed by atoms with van der Waals surface area (Å²) >= 11 is 0. The summed E-state index contributed by atoms with van der Waals surface area (Å²) in [5.74, 6) is -0.933. The quantitative estimate of drug-likeness (QED) is 0.890. The molecule has 2 aliphatic rings. The second-order valence-electron chi connectivity index (χ2n) is 7.67. The minimum atomic E-state index is -1.22. The Morgan fingerprint density at radius 2 is 1.83 bits per heavy atom. The van der Waals surface area contributed by atoms with Gasteiger partial charge in [-0.1, -0.05) is 49.6 Å². The van der Waals surface area contributed by atoms with Crippen molar-refractivity contribution >= 4 is 5.97 Å². The average Bonchev–Trinajstić information content (AvgIpc) is 2.57. The number of piperidine rings is 1. The number of carboxylic acids is 1. The van der Waals surface area contributed by atoms with Gasteiger partial charge >= 0.3 is 5.97 Å². The maximum absolute atomic E-state index is 12.8. The molecule has 2 fully saturated rings. The fourth-order valence-corrected chi connectivity index (χ4v) is 5.13. The SMILES string of the molecule is CN1CCCC(C(C(=O)O)(c2ccccc2)C2(O)CCCCC2)C1. The number of hydrogen-bond donors (Lipinski definition) is 2. The van der Waals surface area contributed by atoms with Crippen molar-refractivity contribution in [3.8, 4) is 0 Å². The second-order valence-corrected chi connectivity index (χ2v) is 7.67. The van der Waals surface area contributed by atoms with Gasteiger partial charge in [0.1, 0.15) is 5.41 Å². The molecule has 1 aromatic rings. The molecule has 2 atom stereocenters. The van der Waals surface area contributed by atoms with E-state index >= 15 is 0 Å². The molecule has 0 bridgehead atoms. The van der Waals surface area contributed by atoms with Crippen molar-refractivity contribution in [1.82, 2.24) is 4.90 Å². The molecule has 1 heterocycles. The molecule has 1 aliphatic heterocycles. The van der Waals surface area contributed by atoms with Crippen LogP contribution in [0.15, 0.2) is 30.3 Å². The smallest absolute Gasteiger partial charge is 0.317 e. The third-order valence-electron chi connectivity index (χ3n) is 6.22. The van der Waals surface area contributed by atoms with E-state index in [1.165, 1.54) is 0 Å². The van der Waals surface area contributed by atoms with Crippen molar-refractivity contribution in [2.75, 3.05) is 20.1 Å². The lowest BCUT2D eigenvalue weighted by atomic mass is 9.54. The van der Waals surface area contributed by atoms with Gasteiger partial charge in [0.25, 0.3) is 0 Å². The van der Waals surface area contributed by atoms with Gasteiger partial charge in [0.2, 0.25) is 0 Å². The van der Waals surface area contributed by atoms with Crippen LogP contribution >= 0.6 is 0 Å². The Labute approximate surface area is 144 Å². The number of aliphatic hydroxyl groups is 1. The van der Waals surface area contributed by atoms with Crippen LogP contribution in [0.1, 0.15) is 50.5 Å². The molecule has 132 valence electrons. The molecule has 1 saturated heterocycles. The summed E-state index contributed by atoms with van der Waals surface area (Å²) in [6.45, 7) is 1.73. The lowest BCUT2D eigenvalue weighted by Crippen LogP contribution is -2.64. The maximum atomic E-state index is 12.8. The largest absolute Gasteiger partial charge is 0.480 e. The topological polar surface area (TPSA) is 60.8 Å². The first-order valence-corrected chi connectivity index (χ1v) is 9.20. The van der Waals surface area contributed by atoms with Crippen molar-refractivity contribution in [3.63, 3.8) is 0 Å². The first-order valence-electron chi connectivity index (χ1n) is 9.20. The monoisotopic (exact) mass is 331 g/mol. The normalized spacial score (nSPS) is 27.3. The molecule has 1 aliphatic carbocycles. The number of aliphatic carboxylic acids is 1. The Balaban J connectivity index is 2.15. The molecule has 0 amide bonds. The molecule has 0 spiro atoms. The van der Waals surface area contributed by atoms with Crippen LogP contribution < -0.4 is 0 Å². The van der Waals surface area contributed by atoms with E-state index in [2.05, 4.69) is 11.9 Å². The summed E-state index contributed by atoms with van der Waals surface area (Å²) in [5, 5.41) is 22.1. The molecular formula is C20H29NO3. The molecule has 2 N–H and O–H groups in total. The van der Waals surface area contributed by atoms with E-state index in [0.717, 1.165) is 50.8 Å². The zero-order valence-corrected chi connectivity index (χ0v) is 14.6. The minimum absolute atomic E-state index is 0.0701. The van der Waals surface area contributed by atoms with Crippen molar-refractivity contribution in [2.24, 2.45) is 5.92 Å². The Morgan fingerprint density at radius 3 is 2.42 bits per heavy atom. The van der Waals surface area contributed by atoms with Gasteiger partial charge in [0, 0.05) is 6.54 Å². The molecule has 4 heteroatoms. The van der Waals surface area contributed by atoms with Crippen LogP contribution in [0.5, 0.6) is 0 Å². The molecule has 1 aromatic carbocycles. The molecule has 2 unspecified atom stereocenters. The molecular weight excluding hydrogens is 302 g/mol. The van der Waals surface area contributed by atoms with Gasteiger partial charge in [-0.25, -0.2) is 0 Å². The Kier molecular flexibility index (Phi) is 4.97. The number of carboxylic acid groups (broad SMARTS) is 1. The summed E-state index contributed by atoms with van der Waals surface area (Å²) in [6.07, 6.45) is 5.88. The van der Waals surface area contributed by atoms with Crippen LogP contribution in [-0.4, -0.2) is 46.8 Å². The molecule has 3 rings (SSSR count). The third kappa shape index (κ3) is 2.76. The van der Waals surface area contributed by atoms with E-state index in [1.54, 1.807) is 0 Å². The lowest BCUT2D eigenvalue weighted by molar-refractivity contribution is -0.170. The zero-order chi connectivity index (χ0) is 17.2. The van der Waals surface area contributed by atoms with E-state index in [1.807, 2.05) is 30.3 Å². The number of likely N-dealkylation sites (tertiary alicyclic amines) is 1. The average molecular weight is 331 g/mol. The zero-order valence-electron chi connectivity index (χ0n) is 14.6. The highest BCUT2D eigenvalue weighted by molar-refractivity contribution is 5.84. The molecule has 0 radical (unpaired) electrons. The maximum Gasteiger partial charge on any atom is 0.317 e. The van der Waals surface area contributed by atoms with Gasteiger partial charge in [0.05, 0.1) is 5.60 Å². The van der Waals surface area contributed by atoms with Crippen LogP contribution in [0.25, 0.3) is 0 Å². The van der Waals surface area contributed by atoms with Crippen LogP contribution in [0.4, 0.5) is 0 Å². The number of hydrogen-bond acceptors (Lipinski definition) is 3.